The second-order valence-corrected chi connectivity index (χ2v) is 10.2. The average Bonchev–Trinajstić information content (AvgIpc) is 3.06. The molecule has 1 saturated heterocycles. The molecular weight excluding hydrogens is 564 g/mol. The van der Waals surface area contributed by atoms with Gasteiger partial charge >= 0.3 is 6.18 Å². The number of fused-ring (bicyclic) bond motifs is 1. The number of nitrogens with one attached hydrogen (secondary N) is 1. The van der Waals surface area contributed by atoms with E-state index < -0.39 is 60.3 Å². The minimum Gasteiger partial charge on any atom is -0.299 e. The molecule has 3 atom stereocenters. The van der Waals surface area contributed by atoms with Gasteiger partial charge in [-0.05, 0) is 47.9 Å². The number of hydrogen-bond donors (Lipinski definition) is 1. The van der Waals surface area contributed by atoms with E-state index in [0.717, 1.165) is 17.3 Å². The number of amides is 2. The van der Waals surface area contributed by atoms with E-state index in [4.69, 9.17) is 11.6 Å². The van der Waals surface area contributed by atoms with Crippen molar-refractivity contribution in [2.45, 2.75) is 37.4 Å². The molecule has 2 aliphatic rings. The topological polar surface area (TPSA) is 93.5 Å². The maximum Gasteiger partial charge on any atom is 0.389 e. The molecule has 3 aromatic rings. The van der Waals surface area contributed by atoms with Crippen molar-refractivity contribution in [3.05, 3.63) is 99.8 Å². The minimum absolute atomic E-state index is 0.0430. The number of ketones is 1. The number of anilines is 1. The van der Waals surface area contributed by atoms with Crippen LogP contribution in [-0.2, 0) is 20.8 Å². The summed E-state index contributed by atoms with van der Waals surface area (Å²) < 4.78 is 54.4. The number of halogens is 5. The summed E-state index contributed by atoms with van der Waals surface area (Å²) in [7, 11) is 0. The number of imide groups is 1. The summed E-state index contributed by atoms with van der Waals surface area (Å²) in [6, 6.07) is 16.1. The number of benzene rings is 3. The molecule has 2 aliphatic heterocycles. The fourth-order valence-corrected chi connectivity index (χ4v) is 5.58. The van der Waals surface area contributed by atoms with E-state index in [1.54, 1.807) is 48.5 Å². The first-order chi connectivity index (χ1) is 19.5. The van der Waals surface area contributed by atoms with Crippen molar-refractivity contribution in [1.82, 2.24) is 10.1 Å². The largest absolute Gasteiger partial charge is 0.389 e. The molecule has 0 saturated carbocycles. The van der Waals surface area contributed by atoms with Gasteiger partial charge in [-0.15, -0.1) is 5.12 Å². The summed E-state index contributed by atoms with van der Waals surface area (Å²) in [5.74, 6) is -5.92. The van der Waals surface area contributed by atoms with Gasteiger partial charge in [0, 0.05) is 23.4 Å². The highest BCUT2D eigenvalue weighted by atomic mass is 35.5. The highest BCUT2D eigenvalue weighted by Gasteiger charge is 2.54. The molecule has 0 unspecified atom stereocenters. The van der Waals surface area contributed by atoms with Gasteiger partial charge < -0.3 is 0 Å². The molecule has 0 spiro atoms. The Morgan fingerprint density at radius 2 is 1.71 bits per heavy atom. The van der Waals surface area contributed by atoms with Gasteiger partial charge in [0.1, 0.15) is 11.9 Å². The number of nitrogens with zero attached hydrogens (tertiary/aromatic N) is 3. The van der Waals surface area contributed by atoms with E-state index in [1.807, 2.05) is 6.07 Å². The van der Waals surface area contributed by atoms with E-state index >= 15 is 0 Å². The smallest absolute Gasteiger partial charge is 0.299 e. The Hall–Kier alpha value is -4.27. The van der Waals surface area contributed by atoms with Crippen LogP contribution in [0.4, 0.5) is 23.2 Å². The quantitative estimate of drug-likeness (QED) is 0.298. The van der Waals surface area contributed by atoms with Crippen LogP contribution in [0.25, 0.3) is 0 Å². The number of Topliss-reactive ketones (excluding diaryl/α,β-unsaturated/α-hetero) is 1. The molecule has 0 bridgehead atoms. The Labute approximate surface area is 236 Å². The number of alkyl halides is 3. The molecule has 2 heterocycles. The zero-order chi connectivity index (χ0) is 29.5. The van der Waals surface area contributed by atoms with Crippen LogP contribution in [0.5, 0.6) is 0 Å². The van der Waals surface area contributed by atoms with Gasteiger partial charge in [0.05, 0.1) is 29.2 Å². The molecule has 7 nitrogen and oxygen atoms in total. The molecule has 2 amide bonds. The van der Waals surface area contributed by atoms with Gasteiger partial charge in [-0.3, -0.25) is 19.8 Å². The van der Waals surface area contributed by atoms with Crippen LogP contribution in [0.15, 0.2) is 66.7 Å². The normalized spacial score (nSPS) is 21.3. The van der Waals surface area contributed by atoms with E-state index in [1.165, 1.54) is 6.07 Å². The van der Waals surface area contributed by atoms with Crippen molar-refractivity contribution in [3.8, 4) is 6.07 Å². The van der Waals surface area contributed by atoms with Crippen LogP contribution >= 0.6 is 11.6 Å². The van der Waals surface area contributed by atoms with Crippen molar-refractivity contribution in [2.24, 2.45) is 5.92 Å². The molecule has 1 fully saturated rings. The first-order valence-electron chi connectivity index (χ1n) is 12.5. The third-order valence-corrected chi connectivity index (χ3v) is 7.49. The molecule has 0 radical (unpaired) electrons. The maximum absolute atomic E-state index is 14.6. The van der Waals surface area contributed by atoms with Crippen molar-refractivity contribution in [3.63, 3.8) is 0 Å². The highest BCUT2D eigenvalue weighted by Crippen LogP contribution is 2.43. The zero-order valence-electron chi connectivity index (χ0n) is 21.2. The lowest BCUT2D eigenvalue weighted by molar-refractivity contribution is -0.162. The van der Waals surface area contributed by atoms with E-state index in [2.05, 4.69) is 5.43 Å². The molecule has 5 rings (SSSR count). The monoisotopic (exact) mass is 584 g/mol. The minimum atomic E-state index is -4.58. The first kappa shape index (κ1) is 28.3. The standard InChI is InChI=1S/C29H21ClF4N4O3/c30-22-7-4-8-23-21(22)14-24(39)26(18-11-16(15-35)12-19(31)13-18)38(36-23)37-27(40)20(9-10-29(32,33)34)25(28(37)41)17-5-2-1-3-6-17/h1-8,11-13,20,25-26,36H,9-10,14H2/t20-,25+,26+/m1/s1. The van der Waals surface area contributed by atoms with Crippen LogP contribution < -0.4 is 5.43 Å². The van der Waals surface area contributed by atoms with Crippen molar-refractivity contribution in [2.75, 3.05) is 5.43 Å². The summed E-state index contributed by atoms with van der Waals surface area (Å²) in [6.07, 6.45) is -6.84. The molecule has 0 aromatic heterocycles. The lowest BCUT2D eigenvalue weighted by atomic mass is 9.85. The molecule has 41 heavy (non-hydrogen) atoms. The Kier molecular flexibility index (Phi) is 7.55. The molecule has 0 aliphatic carbocycles. The number of hydrazine groups is 2. The SMILES string of the molecule is N#Cc1cc(F)cc([C@H]2C(=O)Cc3c(Cl)cccc3NN2N2C(=O)[C@H](CCC(F)(F)F)[C@H](c3ccccc3)C2=O)c1. The lowest BCUT2D eigenvalue weighted by Gasteiger charge is -2.35. The molecular formula is C29H21ClF4N4O3. The van der Waals surface area contributed by atoms with Gasteiger partial charge in [0.15, 0.2) is 5.78 Å². The number of rotatable bonds is 5. The summed E-state index contributed by atoms with van der Waals surface area (Å²) >= 11 is 6.35. The highest BCUT2D eigenvalue weighted by molar-refractivity contribution is 6.32. The Balaban J connectivity index is 1.66. The predicted molar refractivity (Wildman–Crippen MR) is 139 cm³/mol. The van der Waals surface area contributed by atoms with Crippen LogP contribution in [-0.4, -0.2) is 33.9 Å². The van der Waals surface area contributed by atoms with Gasteiger partial charge in [-0.25, -0.2) is 4.39 Å². The first-order valence-corrected chi connectivity index (χ1v) is 12.9. The Bertz CT molecular complexity index is 1570. The van der Waals surface area contributed by atoms with Crippen LogP contribution in [0.1, 0.15) is 47.1 Å². The van der Waals surface area contributed by atoms with E-state index in [-0.39, 0.29) is 28.3 Å². The summed E-state index contributed by atoms with van der Waals surface area (Å²) in [5.41, 5.74) is 3.67. The number of nitriles is 1. The van der Waals surface area contributed by atoms with E-state index in [9.17, 15) is 37.2 Å². The van der Waals surface area contributed by atoms with Gasteiger partial charge in [0.25, 0.3) is 5.91 Å². The van der Waals surface area contributed by atoms with Crippen molar-refractivity contribution in [1.29, 1.82) is 5.26 Å². The molecule has 210 valence electrons. The van der Waals surface area contributed by atoms with Crippen molar-refractivity contribution < 1.29 is 31.9 Å². The third-order valence-electron chi connectivity index (χ3n) is 7.14. The van der Waals surface area contributed by atoms with Crippen LogP contribution in [0.2, 0.25) is 5.02 Å². The van der Waals surface area contributed by atoms with Gasteiger partial charge in [-0.1, -0.05) is 48.0 Å². The van der Waals surface area contributed by atoms with Crippen LogP contribution in [0.3, 0.4) is 0 Å². The van der Waals surface area contributed by atoms with Gasteiger partial charge in [0.2, 0.25) is 5.91 Å². The summed E-state index contributed by atoms with van der Waals surface area (Å²) in [6.45, 7) is 0. The fraction of sp³-hybridized carbons (Fsp3) is 0.241. The molecule has 3 aromatic carbocycles. The second kappa shape index (κ2) is 11.0. The van der Waals surface area contributed by atoms with Crippen molar-refractivity contribution >= 4 is 34.9 Å². The zero-order valence-corrected chi connectivity index (χ0v) is 21.9. The van der Waals surface area contributed by atoms with Crippen LogP contribution in [0, 0.1) is 23.1 Å². The number of carbonyl (C=O) groups is 3. The van der Waals surface area contributed by atoms with E-state index in [0.29, 0.717) is 16.1 Å². The summed E-state index contributed by atoms with van der Waals surface area (Å²) in [5, 5.41) is 11.2. The predicted octanol–water partition coefficient (Wildman–Crippen LogP) is 5.87. The summed E-state index contributed by atoms with van der Waals surface area (Å²) in [4.78, 5) is 41.6. The second-order valence-electron chi connectivity index (χ2n) is 9.79. The Morgan fingerprint density at radius 1 is 0.976 bits per heavy atom. The fourth-order valence-electron chi connectivity index (χ4n) is 5.33. The third kappa shape index (κ3) is 5.53. The maximum atomic E-state index is 14.6. The lowest BCUT2D eigenvalue weighted by Crippen LogP contribution is -2.53. The molecule has 1 N–H and O–H groups in total. The Morgan fingerprint density at radius 3 is 2.39 bits per heavy atom. The number of carbonyl (C=O) groups excluding carboxylic acids is 3. The van der Waals surface area contributed by atoms with Gasteiger partial charge in [-0.2, -0.15) is 23.4 Å². The average molecular weight is 585 g/mol. The number of hydrogen-bond acceptors (Lipinski definition) is 6. The molecule has 12 heteroatoms.